The molecule has 0 fully saturated rings. The fourth-order valence-electron chi connectivity index (χ4n) is 2.95. The van der Waals surface area contributed by atoms with Gasteiger partial charge in [0.2, 0.25) is 0 Å². The Balaban J connectivity index is 1.87. The van der Waals surface area contributed by atoms with Crippen molar-refractivity contribution in [2.24, 2.45) is 0 Å². The predicted octanol–water partition coefficient (Wildman–Crippen LogP) is 4.83. The first-order chi connectivity index (χ1) is 13.0. The van der Waals surface area contributed by atoms with E-state index in [4.69, 9.17) is 28.9 Å². The van der Waals surface area contributed by atoms with Crippen LogP contribution >= 0.6 is 23.2 Å². The van der Waals surface area contributed by atoms with Crippen molar-refractivity contribution in [1.29, 1.82) is 0 Å². The average molecular weight is 402 g/mol. The SMILES string of the molecule is Cc1cccc(F)c1-c1nc2c(N)ncn(Cc3c(Cl)cccc3Cl)c-2n1. The molecule has 2 aliphatic heterocycles. The van der Waals surface area contributed by atoms with Crippen LogP contribution in [0.25, 0.3) is 22.9 Å². The number of hydrogen-bond donors (Lipinski definition) is 1. The zero-order valence-electron chi connectivity index (χ0n) is 14.2. The number of anilines is 1. The zero-order chi connectivity index (χ0) is 19.1. The van der Waals surface area contributed by atoms with Crippen LogP contribution in [-0.4, -0.2) is 19.5 Å². The molecule has 8 heteroatoms. The fraction of sp³-hybridized carbons (Fsp3) is 0.105. The number of aromatic nitrogens is 4. The van der Waals surface area contributed by atoms with E-state index < -0.39 is 5.82 Å². The molecule has 0 saturated heterocycles. The Labute approximate surface area is 165 Å². The van der Waals surface area contributed by atoms with Crippen molar-refractivity contribution in [2.75, 3.05) is 5.73 Å². The molecule has 5 nitrogen and oxygen atoms in total. The lowest BCUT2D eigenvalue weighted by Gasteiger charge is -2.13. The van der Waals surface area contributed by atoms with Crippen LogP contribution in [0.15, 0.2) is 42.7 Å². The van der Waals surface area contributed by atoms with E-state index >= 15 is 0 Å². The summed E-state index contributed by atoms with van der Waals surface area (Å²) in [6.45, 7) is 2.13. The standard InChI is InChI=1S/C19H14Cl2FN5/c1-10-4-2-7-14(22)15(10)18-25-16-17(23)24-9-27(19(16)26-18)8-11-12(20)5-3-6-13(11)21/h2-7,9H,8,23H2,1H3. The summed E-state index contributed by atoms with van der Waals surface area (Å²) in [7, 11) is 0. The number of rotatable bonds is 3. The topological polar surface area (TPSA) is 69.6 Å². The third kappa shape index (κ3) is 3.11. The highest BCUT2D eigenvalue weighted by Crippen LogP contribution is 2.32. The van der Waals surface area contributed by atoms with Gasteiger partial charge in [-0.25, -0.2) is 19.3 Å². The van der Waals surface area contributed by atoms with E-state index in [1.807, 2.05) is 0 Å². The second kappa shape index (κ2) is 6.79. The highest BCUT2D eigenvalue weighted by atomic mass is 35.5. The zero-order valence-corrected chi connectivity index (χ0v) is 15.8. The van der Waals surface area contributed by atoms with Crippen LogP contribution in [-0.2, 0) is 6.54 Å². The smallest absolute Gasteiger partial charge is 0.166 e. The Bertz CT molecular complexity index is 1080. The fourth-order valence-corrected chi connectivity index (χ4v) is 3.47. The van der Waals surface area contributed by atoms with Crippen molar-refractivity contribution in [3.05, 3.63) is 69.7 Å². The maximum absolute atomic E-state index is 14.3. The molecule has 2 N–H and O–H groups in total. The van der Waals surface area contributed by atoms with Crippen LogP contribution in [0.2, 0.25) is 10.0 Å². The molecule has 0 spiro atoms. The number of nitrogens with two attached hydrogens (primary N) is 1. The molecule has 0 radical (unpaired) electrons. The van der Waals surface area contributed by atoms with Gasteiger partial charge in [0.25, 0.3) is 0 Å². The average Bonchev–Trinajstić information content (AvgIpc) is 3.06. The normalized spacial score (nSPS) is 11.3. The summed E-state index contributed by atoms with van der Waals surface area (Å²) in [4.78, 5) is 13.1. The lowest BCUT2D eigenvalue weighted by Crippen LogP contribution is -2.09. The van der Waals surface area contributed by atoms with Crippen LogP contribution < -0.4 is 5.73 Å². The van der Waals surface area contributed by atoms with Gasteiger partial charge in [-0.1, -0.05) is 41.4 Å². The van der Waals surface area contributed by atoms with Crippen molar-refractivity contribution in [3.8, 4) is 22.9 Å². The molecule has 0 atom stereocenters. The second-order valence-corrected chi connectivity index (χ2v) is 6.92. The molecule has 0 bridgehead atoms. The van der Waals surface area contributed by atoms with E-state index in [1.165, 1.54) is 6.07 Å². The van der Waals surface area contributed by atoms with Gasteiger partial charge < -0.3 is 10.3 Å². The Kier molecular flexibility index (Phi) is 4.45. The quantitative estimate of drug-likeness (QED) is 0.533. The van der Waals surface area contributed by atoms with Crippen molar-refractivity contribution < 1.29 is 4.39 Å². The van der Waals surface area contributed by atoms with Gasteiger partial charge in [-0.05, 0) is 30.7 Å². The van der Waals surface area contributed by atoms with Gasteiger partial charge >= 0.3 is 0 Å². The van der Waals surface area contributed by atoms with E-state index in [-0.39, 0.29) is 11.6 Å². The van der Waals surface area contributed by atoms with Crippen LogP contribution in [0.4, 0.5) is 10.2 Å². The monoisotopic (exact) mass is 401 g/mol. The molecule has 0 aromatic heterocycles. The molecular weight excluding hydrogens is 388 g/mol. The van der Waals surface area contributed by atoms with E-state index in [9.17, 15) is 4.39 Å². The number of imidazole rings is 1. The van der Waals surface area contributed by atoms with E-state index in [2.05, 4.69) is 15.0 Å². The number of benzene rings is 2. The summed E-state index contributed by atoms with van der Waals surface area (Å²) in [6, 6.07) is 10.1. The van der Waals surface area contributed by atoms with Gasteiger partial charge in [0.1, 0.15) is 5.82 Å². The molecule has 2 heterocycles. The molecule has 2 aromatic rings. The van der Waals surface area contributed by atoms with E-state index in [0.29, 0.717) is 33.7 Å². The van der Waals surface area contributed by atoms with Crippen molar-refractivity contribution in [1.82, 2.24) is 19.5 Å². The number of nitrogens with zero attached hydrogens (tertiary/aromatic N) is 4. The highest BCUT2D eigenvalue weighted by Gasteiger charge is 2.22. The molecule has 0 saturated carbocycles. The molecule has 0 unspecified atom stereocenters. The maximum atomic E-state index is 14.3. The largest absolute Gasteiger partial charge is 0.382 e. The lowest BCUT2D eigenvalue weighted by molar-refractivity contribution is 0.629. The first kappa shape index (κ1) is 17.7. The number of nitrogen functional groups attached to an aromatic ring is 1. The summed E-state index contributed by atoms with van der Waals surface area (Å²) >= 11 is 12.6. The molecule has 27 heavy (non-hydrogen) atoms. The molecule has 4 rings (SSSR count). The van der Waals surface area contributed by atoms with Gasteiger partial charge in [0.15, 0.2) is 23.2 Å². The minimum atomic E-state index is -0.391. The summed E-state index contributed by atoms with van der Waals surface area (Å²) in [5.41, 5.74) is 8.18. The van der Waals surface area contributed by atoms with Gasteiger partial charge in [0, 0.05) is 15.6 Å². The molecular formula is C19H14Cl2FN5. The van der Waals surface area contributed by atoms with Gasteiger partial charge in [-0.3, -0.25) is 0 Å². The summed E-state index contributed by atoms with van der Waals surface area (Å²) in [6.07, 6.45) is 1.55. The molecule has 2 aromatic carbocycles. The van der Waals surface area contributed by atoms with Crippen molar-refractivity contribution in [3.63, 3.8) is 0 Å². The predicted molar refractivity (Wildman–Crippen MR) is 105 cm³/mol. The van der Waals surface area contributed by atoms with Crippen LogP contribution in [0.5, 0.6) is 0 Å². The Morgan fingerprint density at radius 2 is 1.78 bits per heavy atom. The third-order valence-electron chi connectivity index (χ3n) is 4.33. The molecule has 136 valence electrons. The van der Waals surface area contributed by atoms with Crippen molar-refractivity contribution in [2.45, 2.75) is 13.5 Å². The Hall–Kier alpha value is -2.70. The summed E-state index contributed by atoms with van der Waals surface area (Å²) in [5.74, 6) is 0.576. The lowest BCUT2D eigenvalue weighted by atomic mass is 10.1. The molecule has 0 amide bonds. The Morgan fingerprint density at radius 1 is 1.07 bits per heavy atom. The first-order valence-electron chi connectivity index (χ1n) is 8.12. The van der Waals surface area contributed by atoms with Crippen LogP contribution in [0, 0.1) is 12.7 Å². The van der Waals surface area contributed by atoms with Crippen LogP contribution in [0.3, 0.4) is 0 Å². The Morgan fingerprint density at radius 3 is 2.48 bits per heavy atom. The second-order valence-electron chi connectivity index (χ2n) is 6.11. The van der Waals surface area contributed by atoms with Gasteiger partial charge in [-0.15, -0.1) is 0 Å². The third-order valence-corrected chi connectivity index (χ3v) is 5.04. The first-order valence-corrected chi connectivity index (χ1v) is 8.88. The number of fused-ring (bicyclic) bond motifs is 1. The summed E-state index contributed by atoms with van der Waals surface area (Å²) in [5, 5.41) is 1.06. The highest BCUT2D eigenvalue weighted by molar-refractivity contribution is 6.36. The van der Waals surface area contributed by atoms with Gasteiger partial charge in [0.05, 0.1) is 18.4 Å². The van der Waals surface area contributed by atoms with E-state index in [1.54, 1.807) is 48.1 Å². The summed E-state index contributed by atoms with van der Waals surface area (Å²) < 4.78 is 16.1. The maximum Gasteiger partial charge on any atom is 0.166 e. The molecule has 2 aliphatic rings. The number of hydrogen-bond acceptors (Lipinski definition) is 4. The number of halogens is 3. The van der Waals surface area contributed by atoms with Crippen LogP contribution in [0.1, 0.15) is 11.1 Å². The van der Waals surface area contributed by atoms with E-state index in [0.717, 1.165) is 11.1 Å². The van der Waals surface area contributed by atoms with Crippen molar-refractivity contribution >= 4 is 29.0 Å². The number of aryl methyl sites for hydroxylation is 1. The van der Waals surface area contributed by atoms with Gasteiger partial charge in [-0.2, -0.15) is 0 Å². The minimum absolute atomic E-state index is 0.222. The molecule has 0 aliphatic carbocycles. The minimum Gasteiger partial charge on any atom is -0.382 e.